The van der Waals surface area contributed by atoms with Gasteiger partial charge in [-0.2, -0.15) is 0 Å². The number of rotatable bonds is 32. The van der Waals surface area contributed by atoms with Crippen LogP contribution in [0.2, 0.25) is 0 Å². The SMILES string of the molecule is CCCCCCCCCCCCCCCCCC(=O)O.CCCCCCCCCCCCCCCCCC(=O)O.[H-].[H-].[H-].[H-].[H-].[H-].[H-].[H-].[H-].[H-].[H-].[H-].[H-].[H-].[H-].[H-].[H-].[H-].[H-].[H-].[Mg+2].[Mg+2].[Mg+2].[Mg+2].[Mg+2].[Mg+2].[Mg+2].[Mg+2].[Mg+2].[Mg+2]. The summed E-state index contributed by atoms with van der Waals surface area (Å²) in [4.78, 5) is 20.7. The van der Waals surface area contributed by atoms with Crippen LogP contribution in [0.1, 0.15) is 248 Å². The number of hydrogen-bond donors (Lipinski definition) is 2. The van der Waals surface area contributed by atoms with Crippen LogP contribution < -0.4 is 0 Å². The molecule has 0 aromatic heterocycles. The molecule has 0 heterocycles. The van der Waals surface area contributed by atoms with Gasteiger partial charge >= 0.3 is 242 Å². The molecule has 0 spiro atoms. The zero-order chi connectivity index (χ0) is 29.8. The van der Waals surface area contributed by atoms with Gasteiger partial charge in [-0.3, -0.25) is 9.59 Å². The van der Waals surface area contributed by atoms with E-state index in [2.05, 4.69) is 13.8 Å². The van der Waals surface area contributed by atoms with E-state index in [0.717, 1.165) is 25.7 Å². The van der Waals surface area contributed by atoms with Gasteiger partial charge in [0, 0.05) is 12.8 Å². The Hall–Kier alpha value is 6.60. The van der Waals surface area contributed by atoms with Crippen LogP contribution in [0, 0.1) is 0 Å². The van der Waals surface area contributed by atoms with Crippen molar-refractivity contribution in [2.45, 2.75) is 219 Å². The van der Waals surface area contributed by atoms with Crippen molar-refractivity contribution in [2.24, 2.45) is 0 Å². The average molecular weight is 832 g/mol. The third kappa shape index (κ3) is 95.2. The maximum absolute atomic E-state index is 10.3. The normalized spacial score (nSPS) is 8.68. The second kappa shape index (κ2) is 83.3. The van der Waals surface area contributed by atoms with Crippen LogP contribution in [0.25, 0.3) is 0 Å². The molecular weight excluding hydrogens is 739 g/mol. The van der Waals surface area contributed by atoms with E-state index in [4.69, 9.17) is 10.2 Å². The Morgan fingerprint density at radius 2 is 0.400 bits per heavy atom. The van der Waals surface area contributed by atoms with Crippen molar-refractivity contribution >= 4 is 242 Å². The van der Waals surface area contributed by atoms with E-state index in [-0.39, 0.29) is 259 Å². The fourth-order valence-electron chi connectivity index (χ4n) is 5.30. The van der Waals surface area contributed by atoms with Gasteiger partial charge in [0.2, 0.25) is 0 Å². The van der Waals surface area contributed by atoms with Gasteiger partial charge < -0.3 is 38.7 Å². The quantitative estimate of drug-likeness (QED) is 0.0523. The monoisotopic (exact) mass is 829 g/mol. The second-order valence-corrected chi connectivity index (χ2v) is 12.2. The summed E-state index contributed by atoms with van der Waals surface area (Å²) in [7, 11) is 0. The fraction of sp³-hybridized carbons (Fsp3) is 0.944. The van der Waals surface area contributed by atoms with Crippen LogP contribution in [0.5, 0.6) is 0 Å². The van der Waals surface area contributed by atoms with Gasteiger partial charge in [0.05, 0.1) is 0 Å². The molecule has 0 aliphatic rings. The number of hydrogen-bond acceptors (Lipinski definition) is 2. The maximum Gasteiger partial charge on any atom is 2.00 e. The van der Waals surface area contributed by atoms with Crippen molar-refractivity contribution in [3.8, 4) is 0 Å². The minimum atomic E-state index is -0.653. The van der Waals surface area contributed by atoms with Gasteiger partial charge in [0.1, 0.15) is 0 Å². The first-order valence-electron chi connectivity index (χ1n) is 18.0. The molecule has 2 N–H and O–H groups in total. The minimum Gasteiger partial charge on any atom is -1.00 e. The Bertz CT molecular complexity index is 544. The average Bonchev–Trinajstić information content (AvgIpc) is 2.93. The Kier molecular flexibility index (Phi) is 147. The molecule has 4 nitrogen and oxygen atoms in total. The maximum atomic E-state index is 10.3. The number of carboxylic acids is 2. The second-order valence-electron chi connectivity index (χ2n) is 12.2. The molecule has 0 aliphatic carbocycles. The molecule has 0 saturated carbocycles. The zero-order valence-corrected chi connectivity index (χ0v) is 48.6. The molecule has 280 valence electrons. The summed E-state index contributed by atoms with van der Waals surface area (Å²) in [6.07, 6.45) is 40.4. The fourth-order valence-corrected chi connectivity index (χ4v) is 5.30. The molecule has 0 unspecified atom stereocenters. The Balaban J connectivity index is -0.00000000963. The molecule has 0 bridgehead atoms. The van der Waals surface area contributed by atoms with Gasteiger partial charge in [0.25, 0.3) is 0 Å². The van der Waals surface area contributed by atoms with E-state index in [1.165, 1.54) is 167 Å². The number of unbranched alkanes of at least 4 members (excludes halogenated alkanes) is 28. The summed E-state index contributed by atoms with van der Waals surface area (Å²) in [6, 6.07) is 0. The van der Waals surface area contributed by atoms with E-state index in [0.29, 0.717) is 12.8 Å². The van der Waals surface area contributed by atoms with Crippen LogP contribution in [0.4, 0.5) is 0 Å². The standard InChI is InChI=1S/2C18H36O2.10Mg.20H/c2*1-2-3-4-5-6-7-8-9-10-11-12-13-14-15-16-17-18(19)20;;;;;;;;;;;;;;;;;;;;;;;;;;;;;;/h2*2-17H2,1H3,(H,19,20);;;;;;;;;;;;;;;;;;;;;;;;;;;;;;/q;;10*+2;20*-1. The van der Waals surface area contributed by atoms with Crippen molar-refractivity contribution in [1.29, 1.82) is 0 Å². The smallest absolute Gasteiger partial charge is 1.00 e. The number of carbonyl (C=O) groups is 2. The molecule has 14 heteroatoms. The van der Waals surface area contributed by atoms with Gasteiger partial charge in [-0.05, 0) is 12.8 Å². The summed E-state index contributed by atoms with van der Waals surface area (Å²) in [5, 5.41) is 17.0. The van der Waals surface area contributed by atoms with Crippen molar-refractivity contribution in [3.63, 3.8) is 0 Å². The molecule has 50 heavy (non-hydrogen) atoms. The number of aliphatic carboxylic acids is 2. The topological polar surface area (TPSA) is 74.6 Å². The Morgan fingerprint density at radius 3 is 0.520 bits per heavy atom. The molecule has 0 amide bonds. The molecular formula is C36H92Mg10O4. The summed E-state index contributed by atoms with van der Waals surface area (Å²) >= 11 is 0. The van der Waals surface area contributed by atoms with Crippen molar-refractivity contribution in [2.75, 3.05) is 0 Å². The van der Waals surface area contributed by atoms with Gasteiger partial charge in [-0.1, -0.05) is 194 Å². The molecule has 0 aromatic carbocycles. The molecule has 0 saturated heterocycles. The van der Waals surface area contributed by atoms with E-state index in [1.54, 1.807) is 0 Å². The predicted molar refractivity (Wildman–Crippen MR) is 254 cm³/mol. The predicted octanol–water partition coefficient (Wildman–Crippen LogP) is 11.1. The molecule has 0 fully saturated rings. The van der Waals surface area contributed by atoms with Crippen molar-refractivity contribution in [3.05, 3.63) is 0 Å². The van der Waals surface area contributed by atoms with Crippen LogP contribution in [0.15, 0.2) is 0 Å². The van der Waals surface area contributed by atoms with E-state index in [9.17, 15) is 9.59 Å². The Morgan fingerprint density at radius 1 is 0.280 bits per heavy atom. The molecule has 0 aromatic rings. The van der Waals surface area contributed by atoms with E-state index < -0.39 is 11.9 Å². The summed E-state index contributed by atoms with van der Waals surface area (Å²) < 4.78 is 0. The van der Waals surface area contributed by atoms with Gasteiger partial charge in [0.15, 0.2) is 0 Å². The van der Waals surface area contributed by atoms with Crippen LogP contribution >= 0.6 is 0 Å². The zero-order valence-electron chi connectivity index (χ0n) is 54.4. The van der Waals surface area contributed by atoms with Crippen molar-refractivity contribution in [1.82, 2.24) is 0 Å². The minimum absolute atomic E-state index is 0. The van der Waals surface area contributed by atoms with Gasteiger partial charge in [-0.25, -0.2) is 0 Å². The first-order chi connectivity index (χ1) is 19.5. The Labute approximate surface area is 503 Å². The molecule has 0 rings (SSSR count). The van der Waals surface area contributed by atoms with Crippen LogP contribution in [-0.4, -0.2) is 253 Å². The third-order valence-corrected chi connectivity index (χ3v) is 7.99. The largest absolute Gasteiger partial charge is 2.00 e. The third-order valence-electron chi connectivity index (χ3n) is 7.99. The van der Waals surface area contributed by atoms with E-state index >= 15 is 0 Å². The summed E-state index contributed by atoms with van der Waals surface area (Å²) in [6.45, 7) is 4.54. The summed E-state index contributed by atoms with van der Waals surface area (Å²) in [5.41, 5.74) is 0. The summed E-state index contributed by atoms with van der Waals surface area (Å²) in [5.74, 6) is -1.31. The van der Waals surface area contributed by atoms with Gasteiger partial charge in [-0.15, -0.1) is 0 Å². The molecule has 0 radical (unpaired) electrons. The van der Waals surface area contributed by atoms with E-state index in [1.807, 2.05) is 0 Å². The molecule has 0 atom stereocenters. The first kappa shape index (κ1) is 88.0. The van der Waals surface area contributed by atoms with Crippen LogP contribution in [0.3, 0.4) is 0 Å². The van der Waals surface area contributed by atoms with Crippen LogP contribution in [-0.2, 0) is 9.59 Å². The first-order valence-corrected chi connectivity index (χ1v) is 18.0. The van der Waals surface area contributed by atoms with Crippen molar-refractivity contribution < 1.29 is 48.3 Å². The molecule has 0 aliphatic heterocycles. The number of carboxylic acid groups (broad SMARTS) is 2.